The molecule has 0 bridgehead atoms. The number of carbonyl (C=O) groups is 1. The summed E-state index contributed by atoms with van der Waals surface area (Å²) in [6, 6.07) is 14.1. The summed E-state index contributed by atoms with van der Waals surface area (Å²) in [5.74, 6) is -0.263. The van der Waals surface area contributed by atoms with Crippen LogP contribution >= 0.6 is 11.3 Å². The molecule has 0 spiro atoms. The topological polar surface area (TPSA) is 111 Å². The Bertz CT molecular complexity index is 1190. The Morgan fingerprint density at radius 3 is 2.62 bits per heavy atom. The number of sulfonamides is 1. The van der Waals surface area contributed by atoms with Gasteiger partial charge in [0, 0.05) is 19.5 Å². The summed E-state index contributed by atoms with van der Waals surface area (Å²) in [7, 11) is -2.33. The zero-order valence-corrected chi connectivity index (χ0v) is 19.0. The van der Waals surface area contributed by atoms with Crippen molar-refractivity contribution in [1.29, 1.82) is 0 Å². The predicted octanol–water partition coefficient (Wildman–Crippen LogP) is 2.41. The molecule has 32 heavy (non-hydrogen) atoms. The first-order valence-electron chi connectivity index (χ1n) is 9.91. The number of hydrogen-bond acceptors (Lipinski definition) is 8. The van der Waals surface area contributed by atoms with Crippen LogP contribution in [0.15, 0.2) is 53.4 Å². The Hall–Kier alpha value is -2.86. The van der Waals surface area contributed by atoms with Crippen molar-refractivity contribution in [2.24, 2.45) is 0 Å². The molecule has 9 nitrogen and oxygen atoms in total. The van der Waals surface area contributed by atoms with Gasteiger partial charge < -0.3 is 9.47 Å². The number of anilines is 1. The molecule has 1 aliphatic rings. The largest absolute Gasteiger partial charge is 0.496 e. The Balaban J connectivity index is 1.53. The SMILES string of the molecule is COc1ccc(S(=O)(=O)N2CCOCC2)cc1C(=O)Nc1nnc(Cc2ccccc2)s1. The second-order valence-corrected chi connectivity index (χ2v) is 10.00. The number of benzene rings is 2. The summed E-state index contributed by atoms with van der Waals surface area (Å²) in [6.45, 7) is 1.21. The number of hydrogen-bond donors (Lipinski definition) is 1. The van der Waals surface area contributed by atoms with Gasteiger partial charge in [-0.25, -0.2) is 8.42 Å². The molecule has 3 aromatic rings. The van der Waals surface area contributed by atoms with Crippen molar-refractivity contribution < 1.29 is 22.7 Å². The van der Waals surface area contributed by atoms with Crippen molar-refractivity contribution in [2.45, 2.75) is 11.3 Å². The van der Waals surface area contributed by atoms with E-state index >= 15 is 0 Å². The molecule has 1 saturated heterocycles. The van der Waals surface area contributed by atoms with Crippen LogP contribution in [0.4, 0.5) is 5.13 Å². The summed E-state index contributed by atoms with van der Waals surface area (Å²) in [6.07, 6.45) is 0.602. The number of aromatic nitrogens is 2. The maximum atomic E-state index is 13.0. The van der Waals surface area contributed by atoms with Crippen LogP contribution in [0.1, 0.15) is 20.9 Å². The van der Waals surface area contributed by atoms with Crippen molar-refractivity contribution in [3.8, 4) is 5.75 Å². The average molecular weight is 475 g/mol. The lowest BCUT2D eigenvalue weighted by molar-refractivity contribution is 0.0730. The fourth-order valence-corrected chi connectivity index (χ4v) is 5.48. The molecule has 2 aromatic carbocycles. The summed E-state index contributed by atoms with van der Waals surface area (Å²) < 4.78 is 37.8. The highest BCUT2D eigenvalue weighted by molar-refractivity contribution is 7.89. The van der Waals surface area contributed by atoms with Crippen LogP contribution in [0.25, 0.3) is 0 Å². The third-order valence-corrected chi connectivity index (χ3v) is 7.64. The molecule has 0 aliphatic carbocycles. The molecule has 2 heterocycles. The van der Waals surface area contributed by atoms with E-state index in [-0.39, 0.29) is 29.3 Å². The number of rotatable bonds is 7. The Morgan fingerprint density at radius 1 is 1.16 bits per heavy atom. The lowest BCUT2D eigenvalue weighted by atomic mass is 10.2. The van der Waals surface area contributed by atoms with E-state index in [1.54, 1.807) is 0 Å². The molecular weight excluding hydrogens is 452 g/mol. The number of ether oxygens (including phenoxy) is 2. The number of methoxy groups -OCH3 is 1. The molecule has 168 valence electrons. The zero-order chi connectivity index (χ0) is 22.6. The van der Waals surface area contributed by atoms with Crippen LogP contribution in [0.3, 0.4) is 0 Å². The van der Waals surface area contributed by atoms with Gasteiger partial charge in [0.05, 0.1) is 30.8 Å². The molecule has 1 amide bonds. The quantitative estimate of drug-likeness (QED) is 0.560. The van der Waals surface area contributed by atoms with E-state index in [9.17, 15) is 13.2 Å². The standard InChI is InChI=1S/C21H22N4O5S2/c1-29-18-8-7-16(32(27,28)25-9-11-30-12-10-25)14-17(18)20(26)22-21-24-23-19(31-21)13-15-5-3-2-4-6-15/h2-8,14H,9-13H2,1H3,(H,22,24,26). The van der Waals surface area contributed by atoms with E-state index in [2.05, 4.69) is 15.5 Å². The fraction of sp³-hybridized carbons (Fsp3) is 0.286. The van der Waals surface area contributed by atoms with Crippen molar-refractivity contribution in [3.05, 3.63) is 64.7 Å². The smallest absolute Gasteiger partial charge is 0.261 e. The van der Waals surface area contributed by atoms with Gasteiger partial charge in [-0.2, -0.15) is 4.31 Å². The molecule has 0 radical (unpaired) electrons. The Kier molecular flexibility index (Phi) is 6.80. The molecule has 0 atom stereocenters. The molecule has 1 aliphatic heterocycles. The van der Waals surface area contributed by atoms with Crippen LogP contribution in [0.5, 0.6) is 5.75 Å². The van der Waals surface area contributed by atoms with Crippen LogP contribution in [0.2, 0.25) is 0 Å². The van der Waals surface area contributed by atoms with Crippen molar-refractivity contribution >= 4 is 32.4 Å². The van der Waals surface area contributed by atoms with Gasteiger partial charge in [-0.1, -0.05) is 41.7 Å². The van der Waals surface area contributed by atoms with Gasteiger partial charge in [-0.3, -0.25) is 10.1 Å². The second-order valence-electron chi connectivity index (χ2n) is 7.00. The maximum Gasteiger partial charge on any atom is 0.261 e. The van der Waals surface area contributed by atoms with Gasteiger partial charge >= 0.3 is 0 Å². The third kappa shape index (κ3) is 4.96. The van der Waals surface area contributed by atoms with Crippen LogP contribution in [0, 0.1) is 0 Å². The number of morpholine rings is 1. The molecule has 0 unspecified atom stereocenters. The summed E-state index contributed by atoms with van der Waals surface area (Å²) in [5.41, 5.74) is 1.19. The fourth-order valence-electron chi connectivity index (χ4n) is 3.27. The van der Waals surface area contributed by atoms with E-state index in [1.165, 1.54) is 41.0 Å². The zero-order valence-electron chi connectivity index (χ0n) is 17.4. The molecule has 0 saturated carbocycles. The number of nitrogens with zero attached hydrogens (tertiary/aromatic N) is 3. The van der Waals surface area contributed by atoms with Gasteiger partial charge in [0.1, 0.15) is 10.8 Å². The van der Waals surface area contributed by atoms with E-state index < -0.39 is 15.9 Å². The summed E-state index contributed by atoms with van der Waals surface area (Å²) >= 11 is 1.26. The summed E-state index contributed by atoms with van der Waals surface area (Å²) in [4.78, 5) is 13.0. The first-order valence-corrected chi connectivity index (χ1v) is 12.2. The van der Waals surface area contributed by atoms with Crippen molar-refractivity contribution in [3.63, 3.8) is 0 Å². The van der Waals surface area contributed by atoms with Crippen molar-refractivity contribution in [1.82, 2.24) is 14.5 Å². The average Bonchev–Trinajstić information content (AvgIpc) is 3.26. The molecule has 1 fully saturated rings. The van der Waals surface area contributed by atoms with Gasteiger partial charge in [-0.15, -0.1) is 10.2 Å². The van der Waals surface area contributed by atoms with Crippen molar-refractivity contribution in [2.75, 3.05) is 38.7 Å². The monoisotopic (exact) mass is 474 g/mol. The highest BCUT2D eigenvalue weighted by atomic mass is 32.2. The van der Waals surface area contributed by atoms with E-state index in [4.69, 9.17) is 9.47 Å². The maximum absolute atomic E-state index is 13.0. The summed E-state index contributed by atoms with van der Waals surface area (Å²) in [5, 5.41) is 11.9. The van der Waals surface area contributed by atoms with E-state index in [0.29, 0.717) is 24.8 Å². The highest BCUT2D eigenvalue weighted by Crippen LogP contribution is 2.27. The minimum Gasteiger partial charge on any atom is -0.496 e. The van der Waals surface area contributed by atoms with Gasteiger partial charge in [0.15, 0.2) is 0 Å². The second kappa shape index (κ2) is 9.74. The number of carbonyl (C=O) groups excluding carboxylic acids is 1. The minimum atomic E-state index is -3.75. The predicted molar refractivity (Wildman–Crippen MR) is 120 cm³/mol. The van der Waals surface area contributed by atoms with Crippen LogP contribution in [-0.2, 0) is 21.2 Å². The number of nitrogens with one attached hydrogen (secondary N) is 1. The lowest BCUT2D eigenvalue weighted by Crippen LogP contribution is -2.40. The molecular formula is C21H22N4O5S2. The molecule has 1 N–H and O–H groups in total. The number of amides is 1. The van der Waals surface area contributed by atoms with E-state index in [0.717, 1.165) is 10.6 Å². The molecule has 4 rings (SSSR count). The molecule has 1 aromatic heterocycles. The van der Waals surface area contributed by atoms with Gasteiger partial charge in [0.25, 0.3) is 5.91 Å². The minimum absolute atomic E-state index is 0.0207. The molecule has 11 heteroatoms. The third-order valence-electron chi connectivity index (χ3n) is 4.91. The Labute approximate surface area is 190 Å². The Morgan fingerprint density at radius 2 is 1.91 bits per heavy atom. The lowest BCUT2D eigenvalue weighted by Gasteiger charge is -2.26. The van der Waals surface area contributed by atoms with Crippen LogP contribution < -0.4 is 10.1 Å². The van der Waals surface area contributed by atoms with Gasteiger partial charge in [-0.05, 0) is 23.8 Å². The normalized spacial score (nSPS) is 14.8. The van der Waals surface area contributed by atoms with E-state index in [1.807, 2.05) is 30.3 Å². The first-order chi connectivity index (χ1) is 15.5. The van der Waals surface area contributed by atoms with Crippen LogP contribution in [-0.4, -0.2) is 62.2 Å². The highest BCUT2D eigenvalue weighted by Gasteiger charge is 2.28. The first kappa shape index (κ1) is 22.3. The van der Waals surface area contributed by atoms with Gasteiger partial charge in [0.2, 0.25) is 15.2 Å².